The van der Waals surface area contributed by atoms with E-state index in [0.717, 1.165) is 18.7 Å². The van der Waals surface area contributed by atoms with Gasteiger partial charge in [0.05, 0.1) is 5.60 Å². The largest absolute Gasteiger partial charge is 0.375 e. The Labute approximate surface area is 111 Å². The molecule has 2 saturated heterocycles. The molecule has 18 heavy (non-hydrogen) atoms. The Morgan fingerprint density at radius 3 is 2.56 bits per heavy atom. The first-order valence-corrected chi connectivity index (χ1v) is 7.93. The van der Waals surface area contributed by atoms with E-state index in [1.807, 2.05) is 0 Å². The summed E-state index contributed by atoms with van der Waals surface area (Å²) in [6.07, 6.45) is 9.32. The highest BCUT2D eigenvalue weighted by Gasteiger charge is 2.41. The maximum atomic E-state index is 6.22. The Morgan fingerprint density at radius 1 is 1.17 bits per heavy atom. The molecule has 0 aromatic heterocycles. The molecule has 0 aromatic carbocycles. The molecule has 3 heteroatoms. The predicted octanol–water partition coefficient (Wildman–Crippen LogP) is 2.16. The van der Waals surface area contributed by atoms with Crippen LogP contribution in [0.15, 0.2) is 0 Å². The Kier molecular flexibility index (Phi) is 3.92. The molecule has 3 aliphatic rings. The van der Waals surface area contributed by atoms with Gasteiger partial charge in [0.25, 0.3) is 0 Å². The molecule has 1 unspecified atom stereocenters. The smallest absolute Gasteiger partial charge is 0.0697 e. The van der Waals surface area contributed by atoms with Crippen LogP contribution < -0.4 is 5.32 Å². The lowest BCUT2D eigenvalue weighted by atomic mass is 9.77. The molecule has 0 amide bonds. The number of ether oxygens (including phenoxy) is 1. The van der Waals surface area contributed by atoms with Gasteiger partial charge in [0.15, 0.2) is 0 Å². The van der Waals surface area contributed by atoms with Gasteiger partial charge in [-0.1, -0.05) is 26.2 Å². The van der Waals surface area contributed by atoms with Gasteiger partial charge in [-0.05, 0) is 32.2 Å². The summed E-state index contributed by atoms with van der Waals surface area (Å²) in [5.41, 5.74) is 0.256. The average molecular weight is 252 g/mol. The summed E-state index contributed by atoms with van der Waals surface area (Å²) < 4.78 is 6.22. The summed E-state index contributed by atoms with van der Waals surface area (Å²) in [7, 11) is 0. The molecule has 1 aliphatic carbocycles. The number of nitrogens with zero attached hydrogens (tertiary/aromatic N) is 1. The monoisotopic (exact) mass is 252 g/mol. The molecule has 3 fully saturated rings. The minimum atomic E-state index is 0.256. The zero-order valence-electron chi connectivity index (χ0n) is 11.8. The first kappa shape index (κ1) is 12.9. The lowest BCUT2D eigenvalue weighted by molar-refractivity contribution is -0.129. The molecule has 0 bridgehead atoms. The zero-order chi connectivity index (χ0) is 12.4. The van der Waals surface area contributed by atoms with Crippen LogP contribution in [0.5, 0.6) is 0 Å². The first-order chi connectivity index (χ1) is 8.83. The standard InChI is InChI=1S/C15H28N2O/c1-2-17(14-11-16-12-14)13-6-9-18-15(10-13)7-4-3-5-8-15/h13-14,16H,2-12H2,1H3. The van der Waals surface area contributed by atoms with E-state index in [4.69, 9.17) is 4.74 Å². The van der Waals surface area contributed by atoms with Crippen molar-refractivity contribution in [2.75, 3.05) is 26.2 Å². The predicted molar refractivity (Wildman–Crippen MR) is 73.8 cm³/mol. The van der Waals surface area contributed by atoms with Crippen molar-refractivity contribution in [1.82, 2.24) is 10.2 Å². The molecule has 2 heterocycles. The summed E-state index contributed by atoms with van der Waals surface area (Å²) in [4.78, 5) is 2.75. The van der Waals surface area contributed by atoms with Crippen LogP contribution in [0.25, 0.3) is 0 Å². The fraction of sp³-hybridized carbons (Fsp3) is 1.00. The highest BCUT2D eigenvalue weighted by molar-refractivity contribution is 4.96. The van der Waals surface area contributed by atoms with Crippen LogP contribution in [0.4, 0.5) is 0 Å². The number of likely N-dealkylation sites (N-methyl/N-ethyl adjacent to an activating group) is 1. The Bertz CT molecular complexity index is 266. The van der Waals surface area contributed by atoms with Crippen LogP contribution >= 0.6 is 0 Å². The van der Waals surface area contributed by atoms with E-state index >= 15 is 0 Å². The normalized spacial score (nSPS) is 32.7. The minimum Gasteiger partial charge on any atom is -0.375 e. The summed E-state index contributed by atoms with van der Waals surface area (Å²) >= 11 is 0. The number of hydrogen-bond donors (Lipinski definition) is 1. The van der Waals surface area contributed by atoms with E-state index in [-0.39, 0.29) is 5.60 Å². The molecule has 1 atom stereocenters. The molecule has 1 saturated carbocycles. The Hall–Kier alpha value is -0.120. The van der Waals surface area contributed by atoms with Gasteiger partial charge in [-0.3, -0.25) is 4.90 Å². The second-order valence-electron chi connectivity index (χ2n) is 6.38. The van der Waals surface area contributed by atoms with Gasteiger partial charge in [-0.25, -0.2) is 0 Å². The van der Waals surface area contributed by atoms with Crippen LogP contribution in [0.1, 0.15) is 51.9 Å². The van der Waals surface area contributed by atoms with Gasteiger partial charge < -0.3 is 10.1 Å². The fourth-order valence-corrected chi connectivity index (χ4v) is 4.15. The molecule has 2 aliphatic heterocycles. The summed E-state index contributed by atoms with van der Waals surface area (Å²) in [5.74, 6) is 0. The van der Waals surface area contributed by atoms with E-state index in [9.17, 15) is 0 Å². The van der Waals surface area contributed by atoms with Crippen LogP contribution in [0, 0.1) is 0 Å². The second-order valence-corrected chi connectivity index (χ2v) is 6.38. The molecule has 0 radical (unpaired) electrons. The van der Waals surface area contributed by atoms with Crippen LogP contribution in [0.3, 0.4) is 0 Å². The van der Waals surface area contributed by atoms with E-state index in [1.165, 1.54) is 64.6 Å². The summed E-state index contributed by atoms with van der Waals surface area (Å²) in [6, 6.07) is 1.56. The SMILES string of the molecule is CCN(C1CNC1)C1CCOC2(CCCCC2)C1. The van der Waals surface area contributed by atoms with E-state index in [1.54, 1.807) is 0 Å². The fourth-order valence-electron chi connectivity index (χ4n) is 4.15. The quantitative estimate of drug-likeness (QED) is 0.833. The van der Waals surface area contributed by atoms with Gasteiger partial charge in [-0.15, -0.1) is 0 Å². The topological polar surface area (TPSA) is 24.5 Å². The maximum Gasteiger partial charge on any atom is 0.0697 e. The average Bonchev–Trinajstić information content (AvgIpc) is 2.34. The molecule has 1 spiro atoms. The molecule has 3 nitrogen and oxygen atoms in total. The zero-order valence-corrected chi connectivity index (χ0v) is 11.8. The summed E-state index contributed by atoms with van der Waals surface area (Å²) in [6.45, 7) is 6.89. The summed E-state index contributed by atoms with van der Waals surface area (Å²) in [5, 5.41) is 3.41. The second kappa shape index (κ2) is 5.48. The van der Waals surface area contributed by atoms with Gasteiger partial charge in [0.1, 0.15) is 0 Å². The number of nitrogens with one attached hydrogen (secondary N) is 1. The molecule has 0 aromatic rings. The van der Waals surface area contributed by atoms with Crippen molar-refractivity contribution < 1.29 is 4.74 Å². The maximum absolute atomic E-state index is 6.22. The van der Waals surface area contributed by atoms with Crippen LogP contribution in [-0.2, 0) is 4.74 Å². The van der Waals surface area contributed by atoms with Crippen molar-refractivity contribution in [1.29, 1.82) is 0 Å². The van der Waals surface area contributed by atoms with E-state index in [0.29, 0.717) is 0 Å². The third-order valence-electron chi connectivity index (χ3n) is 5.29. The number of rotatable bonds is 3. The first-order valence-electron chi connectivity index (χ1n) is 7.93. The Balaban J connectivity index is 1.64. The van der Waals surface area contributed by atoms with Crippen molar-refractivity contribution in [2.45, 2.75) is 69.6 Å². The molecule has 3 rings (SSSR count). The number of hydrogen-bond acceptors (Lipinski definition) is 3. The molecular formula is C15H28N2O. The molecule has 104 valence electrons. The third kappa shape index (κ3) is 2.45. The van der Waals surface area contributed by atoms with Gasteiger partial charge in [0, 0.05) is 31.8 Å². The Morgan fingerprint density at radius 2 is 1.94 bits per heavy atom. The van der Waals surface area contributed by atoms with Gasteiger partial charge >= 0.3 is 0 Å². The minimum absolute atomic E-state index is 0.256. The van der Waals surface area contributed by atoms with Crippen LogP contribution in [-0.4, -0.2) is 48.8 Å². The van der Waals surface area contributed by atoms with Crippen LogP contribution in [0.2, 0.25) is 0 Å². The highest BCUT2D eigenvalue weighted by atomic mass is 16.5. The lowest BCUT2D eigenvalue weighted by Crippen LogP contribution is -2.62. The van der Waals surface area contributed by atoms with Crippen molar-refractivity contribution in [2.24, 2.45) is 0 Å². The van der Waals surface area contributed by atoms with Crippen molar-refractivity contribution in [3.63, 3.8) is 0 Å². The van der Waals surface area contributed by atoms with Crippen molar-refractivity contribution >= 4 is 0 Å². The van der Waals surface area contributed by atoms with E-state index < -0.39 is 0 Å². The van der Waals surface area contributed by atoms with Crippen molar-refractivity contribution in [3.05, 3.63) is 0 Å². The van der Waals surface area contributed by atoms with Gasteiger partial charge in [-0.2, -0.15) is 0 Å². The molecule has 1 N–H and O–H groups in total. The molecular weight excluding hydrogens is 224 g/mol. The lowest BCUT2D eigenvalue weighted by Gasteiger charge is -2.50. The van der Waals surface area contributed by atoms with Crippen molar-refractivity contribution in [3.8, 4) is 0 Å². The van der Waals surface area contributed by atoms with E-state index in [2.05, 4.69) is 17.1 Å². The highest BCUT2D eigenvalue weighted by Crippen LogP contribution is 2.40. The van der Waals surface area contributed by atoms with Gasteiger partial charge in [0.2, 0.25) is 0 Å². The third-order valence-corrected chi connectivity index (χ3v) is 5.29.